The normalized spacial score (nSPS) is 16.8. The van der Waals surface area contributed by atoms with Crippen LogP contribution in [0, 0.1) is 41.5 Å². The van der Waals surface area contributed by atoms with Gasteiger partial charge in [-0.1, -0.05) is 58.6 Å². The molecule has 0 fully saturated rings. The first-order valence-corrected chi connectivity index (χ1v) is 14.7. The number of aryl methyl sites for hydroxylation is 6. The molecular weight excluding hydrogens is 559 g/mol. The molecule has 4 aromatic rings. The Balaban J connectivity index is 1.50. The van der Waals surface area contributed by atoms with E-state index in [-0.39, 0.29) is 0 Å². The Morgan fingerprint density at radius 1 is 0.524 bits per heavy atom. The van der Waals surface area contributed by atoms with Crippen molar-refractivity contribution in [3.63, 3.8) is 0 Å². The minimum absolute atomic E-state index is 0.591. The largest absolute Gasteiger partial charge is 0.346 e. The summed E-state index contributed by atoms with van der Waals surface area (Å²) in [7, 11) is 0. The Morgan fingerprint density at radius 3 is 1.19 bits per heavy atom. The molecule has 2 aliphatic heterocycles. The summed E-state index contributed by atoms with van der Waals surface area (Å²) in [6, 6.07) is 16.6. The van der Waals surface area contributed by atoms with E-state index in [2.05, 4.69) is 87.9 Å². The number of hydrogen-bond donors (Lipinski definition) is 2. The second-order valence-electron chi connectivity index (χ2n) is 11.2. The first-order valence-electron chi connectivity index (χ1n) is 14.0. The molecule has 4 nitrogen and oxygen atoms in total. The Bertz CT molecular complexity index is 1770. The van der Waals surface area contributed by atoms with Crippen LogP contribution >= 0.6 is 23.2 Å². The molecule has 0 saturated carbocycles. The van der Waals surface area contributed by atoms with Crippen molar-refractivity contribution in [2.24, 2.45) is 9.98 Å². The Morgan fingerprint density at radius 2 is 0.881 bits per heavy atom. The van der Waals surface area contributed by atoms with Crippen LogP contribution in [0.2, 0.25) is 10.3 Å². The Labute approximate surface area is 256 Å². The summed E-state index contributed by atoms with van der Waals surface area (Å²) in [5, 5.41) is 1.18. The Hall–Kier alpha value is -4.12. The van der Waals surface area contributed by atoms with Gasteiger partial charge in [-0.2, -0.15) is 0 Å². The van der Waals surface area contributed by atoms with Gasteiger partial charge in [0.1, 0.15) is 10.3 Å². The highest BCUT2D eigenvalue weighted by Gasteiger charge is 2.23. The van der Waals surface area contributed by atoms with Crippen molar-refractivity contribution in [2.45, 2.75) is 41.5 Å². The molecule has 0 saturated heterocycles. The van der Waals surface area contributed by atoms with Gasteiger partial charge in [0, 0.05) is 22.5 Å². The van der Waals surface area contributed by atoms with Crippen LogP contribution in [0.4, 0.5) is 0 Å². The van der Waals surface area contributed by atoms with Gasteiger partial charge in [0.25, 0.3) is 0 Å². The predicted molar refractivity (Wildman–Crippen MR) is 178 cm³/mol. The molecule has 0 radical (unpaired) electrons. The number of aromatic amines is 2. The predicted octanol–water partition coefficient (Wildman–Crippen LogP) is 9.74. The first kappa shape index (κ1) is 28.0. The second kappa shape index (κ2) is 10.9. The number of H-pyrrole nitrogens is 2. The van der Waals surface area contributed by atoms with Gasteiger partial charge in [-0.05, 0) is 123 Å². The van der Waals surface area contributed by atoms with Crippen LogP contribution < -0.4 is 0 Å². The number of rotatable bonds is 5. The number of benzene rings is 2. The highest BCUT2D eigenvalue weighted by Crippen LogP contribution is 2.37. The smallest absolute Gasteiger partial charge is 0.106 e. The zero-order chi connectivity index (χ0) is 29.7. The lowest BCUT2D eigenvalue weighted by Crippen LogP contribution is -2.05. The molecule has 42 heavy (non-hydrogen) atoms. The topological polar surface area (TPSA) is 56.3 Å². The number of nitrogens with zero attached hydrogens (tertiary/aromatic N) is 2. The maximum absolute atomic E-state index is 6.34. The number of aliphatic imine (C=N–C) groups is 2. The number of halogens is 2. The van der Waals surface area contributed by atoms with E-state index in [4.69, 9.17) is 33.2 Å². The fourth-order valence-corrected chi connectivity index (χ4v) is 6.60. The van der Waals surface area contributed by atoms with Gasteiger partial charge in [0.15, 0.2) is 0 Å². The number of aromatic nitrogens is 2. The molecule has 2 aromatic heterocycles. The molecule has 2 aliphatic rings. The van der Waals surface area contributed by atoms with E-state index in [1.165, 1.54) is 33.4 Å². The summed E-state index contributed by atoms with van der Waals surface area (Å²) in [5.74, 6) is 0. The average molecular weight is 592 g/mol. The molecule has 0 aliphatic carbocycles. The molecule has 2 aromatic carbocycles. The van der Waals surface area contributed by atoms with Crippen LogP contribution in [0.1, 0.15) is 55.9 Å². The summed E-state index contributed by atoms with van der Waals surface area (Å²) in [6.07, 6.45) is 8.21. The van der Waals surface area contributed by atoms with Gasteiger partial charge in [-0.15, -0.1) is 0 Å². The summed E-state index contributed by atoms with van der Waals surface area (Å²) < 4.78 is 0. The molecule has 6 heteroatoms. The fraction of sp³-hybridized carbons (Fsp3) is 0.167. The van der Waals surface area contributed by atoms with Crippen molar-refractivity contribution in [2.75, 3.05) is 0 Å². The van der Waals surface area contributed by atoms with Crippen molar-refractivity contribution < 1.29 is 0 Å². The van der Waals surface area contributed by atoms with Crippen LogP contribution in [0.5, 0.6) is 0 Å². The molecule has 6 rings (SSSR count). The summed E-state index contributed by atoms with van der Waals surface area (Å²) in [4.78, 5) is 16.9. The molecule has 0 unspecified atom stereocenters. The highest BCUT2D eigenvalue weighted by molar-refractivity contribution is 6.52. The second-order valence-corrected chi connectivity index (χ2v) is 12.0. The third kappa shape index (κ3) is 5.17. The highest BCUT2D eigenvalue weighted by atomic mass is 35.5. The monoisotopic (exact) mass is 590 g/mol. The van der Waals surface area contributed by atoms with Crippen molar-refractivity contribution in [1.29, 1.82) is 0 Å². The molecule has 2 N–H and O–H groups in total. The molecule has 0 bridgehead atoms. The first-order chi connectivity index (χ1) is 20.1. The lowest BCUT2D eigenvalue weighted by atomic mass is 9.91. The maximum Gasteiger partial charge on any atom is 0.106 e. The van der Waals surface area contributed by atoms with Gasteiger partial charge >= 0.3 is 0 Å². The minimum atomic E-state index is 0.591. The average Bonchev–Trinajstić information content (AvgIpc) is 3.71. The van der Waals surface area contributed by atoms with E-state index >= 15 is 0 Å². The van der Waals surface area contributed by atoms with Crippen molar-refractivity contribution in [3.05, 3.63) is 150 Å². The lowest BCUT2D eigenvalue weighted by Gasteiger charge is -2.16. The molecule has 210 valence electrons. The van der Waals surface area contributed by atoms with Crippen molar-refractivity contribution in [3.8, 4) is 0 Å². The summed E-state index contributed by atoms with van der Waals surface area (Å²) in [5.41, 5.74) is 16.8. The van der Waals surface area contributed by atoms with E-state index in [0.29, 0.717) is 10.3 Å². The van der Waals surface area contributed by atoms with E-state index < -0.39 is 0 Å². The third-order valence-electron chi connectivity index (χ3n) is 7.75. The van der Waals surface area contributed by atoms with Crippen LogP contribution in [0.15, 0.2) is 94.2 Å². The standard InChI is InChI=1S/C36H32Cl2N4/c1-19-15-21(3)33(22(4)16-19)35(29-11-13-31(37)41-29)27-9-7-25(39-27)26-8-10-28(40-26)36(30-12-14-32(38)42-30)34-23(5)17-20(2)18-24(34)6/h7-18,41-42H,1-6H3/b35-27+,36-28+. The lowest BCUT2D eigenvalue weighted by molar-refractivity contribution is 1.25. The third-order valence-corrected chi connectivity index (χ3v) is 8.19. The number of nitrogens with one attached hydrogen (secondary N) is 2. The summed E-state index contributed by atoms with van der Waals surface area (Å²) in [6.45, 7) is 12.8. The maximum atomic E-state index is 6.34. The molecule has 0 atom stereocenters. The van der Waals surface area contributed by atoms with Crippen LogP contribution in [0.25, 0.3) is 11.1 Å². The molecule has 4 heterocycles. The van der Waals surface area contributed by atoms with Crippen LogP contribution in [0.3, 0.4) is 0 Å². The molecule has 0 amide bonds. The molecule has 0 spiro atoms. The van der Waals surface area contributed by atoms with Gasteiger partial charge < -0.3 is 9.97 Å². The number of hydrogen-bond acceptors (Lipinski definition) is 2. The van der Waals surface area contributed by atoms with Crippen LogP contribution in [-0.2, 0) is 0 Å². The fourth-order valence-electron chi connectivity index (χ4n) is 6.27. The van der Waals surface area contributed by atoms with E-state index in [0.717, 1.165) is 56.5 Å². The van der Waals surface area contributed by atoms with Crippen molar-refractivity contribution in [1.82, 2.24) is 9.97 Å². The zero-order valence-corrected chi connectivity index (χ0v) is 26.1. The van der Waals surface area contributed by atoms with E-state index in [9.17, 15) is 0 Å². The quantitative estimate of drug-likeness (QED) is 0.232. The van der Waals surface area contributed by atoms with Gasteiger partial charge in [0.05, 0.1) is 22.8 Å². The van der Waals surface area contributed by atoms with Gasteiger partial charge in [0.2, 0.25) is 0 Å². The number of allylic oxidation sites excluding steroid dienone is 4. The van der Waals surface area contributed by atoms with Crippen molar-refractivity contribution >= 4 is 45.8 Å². The minimum Gasteiger partial charge on any atom is -0.346 e. The van der Waals surface area contributed by atoms with Gasteiger partial charge in [-0.3, -0.25) is 0 Å². The SMILES string of the molecule is Cc1cc(C)c(/C(=C2\C=CC(C3=N/C(=C(\c4ccc(Cl)[nH]4)c4c(C)cc(C)cc4C)C=C3)=N2)c2ccc(Cl)[nH]2)c(C)c1. The Kier molecular flexibility index (Phi) is 7.30. The van der Waals surface area contributed by atoms with E-state index in [1.54, 1.807) is 0 Å². The summed E-state index contributed by atoms with van der Waals surface area (Å²) >= 11 is 12.7. The van der Waals surface area contributed by atoms with E-state index in [1.807, 2.05) is 36.4 Å². The zero-order valence-electron chi connectivity index (χ0n) is 24.6. The van der Waals surface area contributed by atoms with Crippen LogP contribution in [-0.4, -0.2) is 21.4 Å². The van der Waals surface area contributed by atoms with Gasteiger partial charge in [-0.25, -0.2) is 9.98 Å². The molecular formula is C36H32Cl2N4.